The number of piperazine rings is 1. The molecule has 1 saturated heterocycles. The lowest BCUT2D eigenvalue weighted by Gasteiger charge is -2.33. The lowest BCUT2D eigenvalue weighted by atomic mass is 10.1. The van der Waals surface area contributed by atoms with Crippen molar-refractivity contribution in [2.45, 2.75) is 19.5 Å². The second kappa shape index (κ2) is 5.77. The number of nitrogens with zero attached hydrogens (tertiary/aromatic N) is 2. The predicted molar refractivity (Wildman–Crippen MR) is 73.5 cm³/mol. The third-order valence-corrected chi connectivity index (χ3v) is 3.90. The average Bonchev–Trinajstić information content (AvgIpc) is 2.34. The van der Waals surface area contributed by atoms with Crippen LogP contribution in [0.1, 0.15) is 12.5 Å². The van der Waals surface area contributed by atoms with Crippen molar-refractivity contribution < 1.29 is 4.92 Å². The summed E-state index contributed by atoms with van der Waals surface area (Å²) in [7, 11) is 0. The summed E-state index contributed by atoms with van der Waals surface area (Å²) in [5.74, 6) is 0. The Bertz CT molecular complexity index is 453. The van der Waals surface area contributed by atoms with E-state index in [1.807, 2.05) is 6.07 Å². The van der Waals surface area contributed by atoms with E-state index in [9.17, 15) is 10.1 Å². The molecule has 0 amide bonds. The highest BCUT2D eigenvalue weighted by Crippen LogP contribution is 2.26. The maximum Gasteiger partial charge on any atom is 0.283 e. The van der Waals surface area contributed by atoms with E-state index in [-0.39, 0.29) is 10.6 Å². The molecule has 0 saturated carbocycles. The van der Waals surface area contributed by atoms with Crippen LogP contribution in [0.4, 0.5) is 5.69 Å². The Balaban J connectivity index is 2.14. The van der Waals surface area contributed by atoms with Crippen molar-refractivity contribution in [1.29, 1.82) is 0 Å². The maximum atomic E-state index is 10.9. The van der Waals surface area contributed by atoms with Gasteiger partial charge in [-0.15, -0.1) is 0 Å². The molecule has 1 aromatic rings. The normalized spacial score (nSPS) is 20.9. The fourth-order valence-corrected chi connectivity index (χ4v) is 2.54. The highest BCUT2D eigenvalue weighted by Gasteiger charge is 2.19. The van der Waals surface area contributed by atoms with Crippen molar-refractivity contribution in [3.05, 3.63) is 38.3 Å². The van der Waals surface area contributed by atoms with E-state index >= 15 is 0 Å². The van der Waals surface area contributed by atoms with E-state index in [4.69, 9.17) is 0 Å². The minimum atomic E-state index is -0.352. The van der Waals surface area contributed by atoms with Crippen LogP contribution >= 0.6 is 15.9 Å². The molecule has 1 N–H and O–H groups in total. The van der Waals surface area contributed by atoms with Crippen LogP contribution in [-0.4, -0.2) is 35.5 Å². The molecule has 1 aliphatic heterocycles. The number of nitro groups is 1. The Kier molecular flexibility index (Phi) is 4.31. The van der Waals surface area contributed by atoms with Crippen LogP contribution in [0.3, 0.4) is 0 Å². The Hall–Kier alpha value is -0.980. The van der Waals surface area contributed by atoms with Crippen molar-refractivity contribution in [3.63, 3.8) is 0 Å². The topological polar surface area (TPSA) is 58.4 Å². The predicted octanol–water partition coefficient (Wildman–Crippen LogP) is 2.15. The lowest BCUT2D eigenvalue weighted by molar-refractivity contribution is -0.385. The first-order chi connectivity index (χ1) is 8.58. The second-order valence-corrected chi connectivity index (χ2v) is 5.42. The van der Waals surface area contributed by atoms with Gasteiger partial charge in [0.25, 0.3) is 5.69 Å². The molecule has 1 aliphatic rings. The van der Waals surface area contributed by atoms with Gasteiger partial charge in [0.2, 0.25) is 0 Å². The number of hydrogen-bond acceptors (Lipinski definition) is 4. The maximum absolute atomic E-state index is 10.9. The van der Waals surface area contributed by atoms with Gasteiger partial charge < -0.3 is 5.32 Å². The van der Waals surface area contributed by atoms with Gasteiger partial charge in [-0.25, -0.2) is 0 Å². The van der Waals surface area contributed by atoms with Gasteiger partial charge in [-0.2, -0.15) is 0 Å². The van der Waals surface area contributed by atoms with E-state index in [1.165, 1.54) is 0 Å². The number of nitro benzene ring substituents is 1. The number of benzene rings is 1. The summed E-state index contributed by atoms with van der Waals surface area (Å²) in [5, 5.41) is 14.2. The summed E-state index contributed by atoms with van der Waals surface area (Å²) in [6.45, 7) is 5.85. The number of rotatable bonds is 3. The van der Waals surface area contributed by atoms with Crippen LogP contribution in [0.5, 0.6) is 0 Å². The zero-order chi connectivity index (χ0) is 13.1. The van der Waals surface area contributed by atoms with E-state index in [0.29, 0.717) is 10.5 Å². The van der Waals surface area contributed by atoms with Crippen LogP contribution in [0, 0.1) is 10.1 Å². The SMILES string of the molecule is C[C@H]1CNCCN1Cc1ccc(Br)c([N+](=O)[O-])c1. The van der Waals surface area contributed by atoms with Gasteiger partial charge >= 0.3 is 0 Å². The van der Waals surface area contributed by atoms with Crippen molar-refractivity contribution >= 4 is 21.6 Å². The molecule has 2 rings (SSSR count). The van der Waals surface area contributed by atoms with E-state index in [1.54, 1.807) is 12.1 Å². The van der Waals surface area contributed by atoms with Crippen molar-refractivity contribution in [3.8, 4) is 0 Å². The molecule has 0 radical (unpaired) electrons. The minimum Gasteiger partial charge on any atom is -0.314 e. The standard InChI is InChI=1S/C12H16BrN3O2/c1-9-7-14-4-5-15(9)8-10-2-3-11(13)12(6-10)16(17)18/h2-3,6,9,14H,4-5,7-8H2,1H3/t9-/m0/s1. The van der Waals surface area contributed by atoms with Crippen molar-refractivity contribution in [2.24, 2.45) is 0 Å². The van der Waals surface area contributed by atoms with Gasteiger partial charge in [-0.05, 0) is 34.5 Å². The summed E-state index contributed by atoms with van der Waals surface area (Å²) in [6, 6.07) is 5.80. The van der Waals surface area contributed by atoms with Crippen molar-refractivity contribution in [1.82, 2.24) is 10.2 Å². The van der Waals surface area contributed by atoms with Gasteiger partial charge in [0.1, 0.15) is 0 Å². The monoisotopic (exact) mass is 313 g/mol. The Morgan fingerprint density at radius 2 is 2.39 bits per heavy atom. The molecule has 5 nitrogen and oxygen atoms in total. The Morgan fingerprint density at radius 1 is 1.61 bits per heavy atom. The van der Waals surface area contributed by atoms with Gasteiger partial charge in [-0.3, -0.25) is 15.0 Å². The number of halogens is 1. The highest BCUT2D eigenvalue weighted by atomic mass is 79.9. The fourth-order valence-electron chi connectivity index (χ4n) is 2.15. The van der Waals surface area contributed by atoms with E-state index in [2.05, 4.69) is 33.1 Å². The average molecular weight is 314 g/mol. The molecule has 1 fully saturated rings. The summed E-state index contributed by atoms with van der Waals surface area (Å²) >= 11 is 3.20. The van der Waals surface area contributed by atoms with Crippen LogP contribution < -0.4 is 5.32 Å². The zero-order valence-corrected chi connectivity index (χ0v) is 11.8. The molecule has 0 aliphatic carbocycles. The molecular weight excluding hydrogens is 298 g/mol. The van der Waals surface area contributed by atoms with E-state index < -0.39 is 0 Å². The van der Waals surface area contributed by atoms with Crippen LogP contribution in [0.15, 0.2) is 22.7 Å². The van der Waals surface area contributed by atoms with Gasteiger partial charge in [0, 0.05) is 38.3 Å². The molecule has 98 valence electrons. The lowest BCUT2D eigenvalue weighted by Crippen LogP contribution is -2.49. The molecule has 1 aromatic carbocycles. The van der Waals surface area contributed by atoms with E-state index in [0.717, 1.165) is 31.7 Å². The number of hydrogen-bond donors (Lipinski definition) is 1. The summed E-state index contributed by atoms with van der Waals surface area (Å²) in [6.07, 6.45) is 0. The molecule has 1 heterocycles. The van der Waals surface area contributed by atoms with Crippen LogP contribution in [0.2, 0.25) is 0 Å². The molecule has 0 aromatic heterocycles. The summed E-state index contributed by atoms with van der Waals surface area (Å²) in [5.41, 5.74) is 1.12. The van der Waals surface area contributed by atoms with Gasteiger partial charge in [0.05, 0.1) is 9.40 Å². The summed E-state index contributed by atoms with van der Waals surface area (Å²) in [4.78, 5) is 12.9. The smallest absolute Gasteiger partial charge is 0.283 e. The molecule has 18 heavy (non-hydrogen) atoms. The molecule has 1 atom stereocenters. The minimum absolute atomic E-state index is 0.135. The van der Waals surface area contributed by atoms with Crippen LogP contribution in [-0.2, 0) is 6.54 Å². The summed E-state index contributed by atoms with van der Waals surface area (Å²) < 4.78 is 0.532. The van der Waals surface area contributed by atoms with Crippen molar-refractivity contribution in [2.75, 3.05) is 19.6 Å². The zero-order valence-electron chi connectivity index (χ0n) is 10.2. The third-order valence-electron chi connectivity index (χ3n) is 3.23. The van der Waals surface area contributed by atoms with Gasteiger partial charge in [-0.1, -0.05) is 6.07 Å². The Morgan fingerprint density at radius 3 is 3.06 bits per heavy atom. The fraction of sp³-hybridized carbons (Fsp3) is 0.500. The molecule has 6 heteroatoms. The largest absolute Gasteiger partial charge is 0.314 e. The Labute approximate surface area is 114 Å². The first kappa shape index (κ1) is 13.5. The second-order valence-electron chi connectivity index (χ2n) is 4.57. The van der Waals surface area contributed by atoms with Crippen LogP contribution in [0.25, 0.3) is 0 Å². The molecular formula is C12H16BrN3O2. The van der Waals surface area contributed by atoms with Gasteiger partial charge in [0.15, 0.2) is 0 Å². The highest BCUT2D eigenvalue weighted by molar-refractivity contribution is 9.10. The molecule has 0 unspecified atom stereocenters. The quantitative estimate of drug-likeness (QED) is 0.686. The molecule has 0 spiro atoms. The molecule has 0 bridgehead atoms. The first-order valence-electron chi connectivity index (χ1n) is 5.95. The number of nitrogens with one attached hydrogen (secondary N) is 1. The third kappa shape index (κ3) is 3.07. The first-order valence-corrected chi connectivity index (χ1v) is 6.75.